The van der Waals surface area contributed by atoms with Crippen molar-refractivity contribution >= 4 is 23.3 Å². The maximum absolute atomic E-state index is 10.6. The van der Waals surface area contributed by atoms with Gasteiger partial charge in [0.25, 0.3) is 0 Å². The smallest absolute Gasteiger partial charge is 0.305 e. The van der Waals surface area contributed by atoms with Crippen LogP contribution < -0.4 is 5.32 Å². The number of hydrogen-bond donors (Lipinski definition) is 2. The van der Waals surface area contributed by atoms with E-state index in [9.17, 15) is 4.79 Å². The number of halogens is 1. The first-order valence-corrected chi connectivity index (χ1v) is 5.62. The lowest BCUT2D eigenvalue weighted by molar-refractivity contribution is -0.137. The van der Waals surface area contributed by atoms with Gasteiger partial charge in [-0.2, -0.15) is 5.26 Å². The van der Waals surface area contributed by atoms with E-state index in [4.69, 9.17) is 22.0 Å². The summed E-state index contributed by atoms with van der Waals surface area (Å²) >= 11 is 5.98. The molecule has 0 spiro atoms. The Kier molecular flexibility index (Phi) is 4.80. The average Bonchev–Trinajstić information content (AvgIpc) is 2.29. The molecule has 0 fully saturated rings. The van der Waals surface area contributed by atoms with E-state index >= 15 is 0 Å². The van der Waals surface area contributed by atoms with Gasteiger partial charge in [-0.3, -0.25) is 4.79 Å². The SMILES string of the molecule is CCC(CC(=O)O)Nc1ccc(C#N)cc1Cl. The molecule has 0 bridgehead atoms. The van der Waals surface area contributed by atoms with Gasteiger partial charge in [-0.25, -0.2) is 0 Å². The van der Waals surface area contributed by atoms with Crippen LogP contribution in [0.3, 0.4) is 0 Å². The predicted octanol–water partition coefficient (Wildman–Crippen LogP) is 2.88. The molecule has 17 heavy (non-hydrogen) atoms. The molecule has 0 saturated heterocycles. The molecule has 1 rings (SSSR count). The summed E-state index contributed by atoms with van der Waals surface area (Å²) in [6.07, 6.45) is 0.718. The van der Waals surface area contributed by atoms with E-state index in [1.165, 1.54) is 0 Å². The molecule has 0 saturated carbocycles. The first-order valence-electron chi connectivity index (χ1n) is 5.24. The molecule has 4 nitrogen and oxygen atoms in total. The number of nitriles is 1. The molecule has 1 aromatic carbocycles. The van der Waals surface area contributed by atoms with Gasteiger partial charge in [0.1, 0.15) is 0 Å². The van der Waals surface area contributed by atoms with Crippen molar-refractivity contribution in [1.82, 2.24) is 0 Å². The Morgan fingerprint density at radius 3 is 2.82 bits per heavy atom. The Morgan fingerprint density at radius 1 is 1.65 bits per heavy atom. The van der Waals surface area contributed by atoms with Gasteiger partial charge in [0.05, 0.1) is 28.8 Å². The molecule has 5 heteroatoms. The second kappa shape index (κ2) is 6.12. The lowest BCUT2D eigenvalue weighted by Crippen LogP contribution is -2.22. The maximum Gasteiger partial charge on any atom is 0.305 e. The Balaban J connectivity index is 2.80. The largest absolute Gasteiger partial charge is 0.481 e. The molecule has 2 N–H and O–H groups in total. The van der Waals surface area contributed by atoms with Crippen LogP contribution in [-0.4, -0.2) is 17.1 Å². The highest BCUT2D eigenvalue weighted by atomic mass is 35.5. The second-order valence-corrected chi connectivity index (χ2v) is 4.06. The molecule has 0 aliphatic rings. The molecule has 0 amide bonds. The van der Waals surface area contributed by atoms with Crippen LogP contribution >= 0.6 is 11.6 Å². The summed E-state index contributed by atoms with van der Waals surface area (Å²) in [5, 5.41) is 20.9. The van der Waals surface area contributed by atoms with Gasteiger partial charge >= 0.3 is 5.97 Å². The molecule has 0 radical (unpaired) electrons. The van der Waals surface area contributed by atoms with Gasteiger partial charge in [0.15, 0.2) is 0 Å². The third kappa shape index (κ3) is 3.97. The fourth-order valence-electron chi connectivity index (χ4n) is 1.43. The Bertz CT molecular complexity index is 454. The van der Waals surface area contributed by atoms with Crippen LogP contribution in [0.1, 0.15) is 25.3 Å². The molecule has 0 aromatic heterocycles. The molecule has 0 aliphatic heterocycles. The van der Waals surface area contributed by atoms with Crippen LogP contribution in [0.2, 0.25) is 5.02 Å². The fraction of sp³-hybridized carbons (Fsp3) is 0.333. The van der Waals surface area contributed by atoms with Crippen LogP contribution in [0, 0.1) is 11.3 Å². The zero-order valence-corrected chi connectivity index (χ0v) is 10.2. The van der Waals surface area contributed by atoms with Crippen LogP contribution in [0.15, 0.2) is 18.2 Å². The van der Waals surface area contributed by atoms with Crippen molar-refractivity contribution in [2.75, 3.05) is 5.32 Å². The zero-order chi connectivity index (χ0) is 12.8. The van der Waals surface area contributed by atoms with E-state index in [1.807, 2.05) is 13.0 Å². The third-order valence-corrected chi connectivity index (χ3v) is 2.68. The van der Waals surface area contributed by atoms with Crippen LogP contribution in [0.5, 0.6) is 0 Å². The first-order chi connectivity index (χ1) is 8.06. The van der Waals surface area contributed by atoms with Crippen molar-refractivity contribution in [1.29, 1.82) is 5.26 Å². The first kappa shape index (κ1) is 13.3. The normalized spacial score (nSPS) is 11.6. The summed E-state index contributed by atoms with van der Waals surface area (Å²) in [6.45, 7) is 1.90. The Hall–Kier alpha value is -1.73. The molecular formula is C12H13ClN2O2. The minimum Gasteiger partial charge on any atom is -0.481 e. The van der Waals surface area contributed by atoms with Crippen molar-refractivity contribution < 1.29 is 9.90 Å². The minimum absolute atomic E-state index is 0.0346. The number of carboxylic acids is 1. The number of anilines is 1. The molecule has 1 aromatic rings. The number of benzene rings is 1. The highest BCUT2D eigenvalue weighted by molar-refractivity contribution is 6.33. The van der Waals surface area contributed by atoms with Crippen LogP contribution in [0.4, 0.5) is 5.69 Å². The summed E-state index contributed by atoms with van der Waals surface area (Å²) in [4.78, 5) is 10.6. The monoisotopic (exact) mass is 252 g/mol. The van der Waals surface area contributed by atoms with Gasteiger partial charge < -0.3 is 10.4 Å². The summed E-state index contributed by atoms with van der Waals surface area (Å²) in [6, 6.07) is 6.70. The molecule has 0 aliphatic carbocycles. The minimum atomic E-state index is -0.853. The summed E-state index contributed by atoms with van der Waals surface area (Å²) < 4.78 is 0. The Morgan fingerprint density at radius 2 is 2.35 bits per heavy atom. The van der Waals surface area contributed by atoms with E-state index in [2.05, 4.69) is 5.32 Å². The lowest BCUT2D eigenvalue weighted by Gasteiger charge is -2.17. The fourth-order valence-corrected chi connectivity index (χ4v) is 1.66. The van der Waals surface area contributed by atoms with E-state index in [0.717, 1.165) is 0 Å². The lowest BCUT2D eigenvalue weighted by atomic mass is 10.1. The number of carboxylic acid groups (broad SMARTS) is 1. The molecule has 90 valence electrons. The molecule has 1 atom stereocenters. The van der Waals surface area contributed by atoms with Gasteiger partial charge in [-0.1, -0.05) is 18.5 Å². The second-order valence-electron chi connectivity index (χ2n) is 3.65. The number of rotatable bonds is 5. The summed E-state index contributed by atoms with van der Waals surface area (Å²) in [5.74, 6) is -0.853. The van der Waals surface area contributed by atoms with E-state index in [0.29, 0.717) is 22.7 Å². The Labute approximate surface area is 105 Å². The summed E-state index contributed by atoms with van der Waals surface area (Å²) in [5.41, 5.74) is 1.13. The van der Waals surface area contributed by atoms with Gasteiger partial charge in [-0.05, 0) is 24.6 Å². The maximum atomic E-state index is 10.6. The standard InChI is InChI=1S/C12H13ClN2O2/c1-2-9(6-12(16)17)15-11-4-3-8(7-14)5-10(11)13/h3-5,9,15H,2,6H2,1H3,(H,16,17). The van der Waals surface area contributed by atoms with E-state index in [1.54, 1.807) is 18.2 Å². The van der Waals surface area contributed by atoms with Crippen molar-refractivity contribution in [2.45, 2.75) is 25.8 Å². The van der Waals surface area contributed by atoms with Gasteiger partial charge in [0, 0.05) is 6.04 Å². The van der Waals surface area contributed by atoms with Crippen molar-refractivity contribution in [2.24, 2.45) is 0 Å². The quantitative estimate of drug-likeness (QED) is 0.845. The van der Waals surface area contributed by atoms with Crippen molar-refractivity contribution in [3.05, 3.63) is 28.8 Å². The zero-order valence-electron chi connectivity index (χ0n) is 9.40. The molecule has 0 heterocycles. The highest BCUT2D eigenvalue weighted by Crippen LogP contribution is 2.24. The number of carbonyl (C=O) groups is 1. The number of aliphatic carboxylic acids is 1. The average molecular weight is 253 g/mol. The summed E-state index contributed by atoms with van der Waals surface area (Å²) in [7, 11) is 0. The van der Waals surface area contributed by atoms with Crippen LogP contribution in [0.25, 0.3) is 0 Å². The number of hydrogen-bond acceptors (Lipinski definition) is 3. The van der Waals surface area contributed by atoms with E-state index in [-0.39, 0.29) is 12.5 Å². The topological polar surface area (TPSA) is 73.1 Å². The van der Waals surface area contributed by atoms with Crippen LogP contribution in [-0.2, 0) is 4.79 Å². The van der Waals surface area contributed by atoms with Crippen molar-refractivity contribution in [3.63, 3.8) is 0 Å². The number of nitrogens with zero attached hydrogens (tertiary/aromatic N) is 1. The predicted molar refractivity (Wildman–Crippen MR) is 66.1 cm³/mol. The van der Waals surface area contributed by atoms with Gasteiger partial charge in [-0.15, -0.1) is 0 Å². The van der Waals surface area contributed by atoms with Gasteiger partial charge in [0.2, 0.25) is 0 Å². The van der Waals surface area contributed by atoms with E-state index < -0.39 is 5.97 Å². The molecular weight excluding hydrogens is 240 g/mol. The third-order valence-electron chi connectivity index (χ3n) is 2.37. The highest BCUT2D eigenvalue weighted by Gasteiger charge is 2.12. The molecule has 1 unspecified atom stereocenters. The number of nitrogens with one attached hydrogen (secondary N) is 1. The van der Waals surface area contributed by atoms with Crippen molar-refractivity contribution in [3.8, 4) is 6.07 Å².